The van der Waals surface area contributed by atoms with E-state index in [2.05, 4.69) is 10.6 Å². The van der Waals surface area contributed by atoms with E-state index in [1.165, 1.54) is 12.1 Å². The van der Waals surface area contributed by atoms with Gasteiger partial charge in [0.25, 0.3) is 0 Å². The average Bonchev–Trinajstić information content (AvgIpc) is 3.06. The van der Waals surface area contributed by atoms with E-state index in [0.717, 1.165) is 33.6 Å². The average molecular weight is 370 g/mol. The van der Waals surface area contributed by atoms with Crippen molar-refractivity contribution in [3.8, 4) is 0 Å². The maximum atomic E-state index is 13.6. The molecule has 134 valence electrons. The molecule has 3 aromatic rings. The predicted molar refractivity (Wildman–Crippen MR) is 101 cm³/mol. The van der Waals surface area contributed by atoms with Crippen molar-refractivity contribution >= 4 is 28.8 Å². The van der Waals surface area contributed by atoms with Gasteiger partial charge in [-0.2, -0.15) is 0 Å². The molecule has 0 spiro atoms. The molecule has 0 saturated carbocycles. The van der Waals surface area contributed by atoms with Gasteiger partial charge in [0.05, 0.1) is 12.1 Å². The molecule has 6 heteroatoms. The Labute approximate surface area is 155 Å². The number of carbonyl (C=O) groups is 1. The normalized spacial score (nSPS) is 17.5. The van der Waals surface area contributed by atoms with Crippen LogP contribution in [0.3, 0.4) is 0 Å². The Kier molecular flexibility index (Phi) is 4.59. The third kappa shape index (κ3) is 3.42. The van der Waals surface area contributed by atoms with Gasteiger partial charge in [-0.05, 0) is 49.2 Å². The number of carbonyl (C=O) groups excluding carboxylic acids is 1. The maximum Gasteiger partial charge on any atom is 0.315 e. The fourth-order valence-electron chi connectivity index (χ4n) is 3.20. The minimum atomic E-state index is -0.287. The van der Waals surface area contributed by atoms with Crippen LogP contribution in [0.4, 0.5) is 9.18 Å². The summed E-state index contributed by atoms with van der Waals surface area (Å²) in [7, 11) is 0. The van der Waals surface area contributed by atoms with Crippen molar-refractivity contribution in [1.82, 2.24) is 10.6 Å². The first-order valence-corrected chi connectivity index (χ1v) is 9.56. The van der Waals surface area contributed by atoms with Crippen LogP contribution in [0.15, 0.2) is 57.8 Å². The number of amides is 2. The van der Waals surface area contributed by atoms with Gasteiger partial charge in [-0.1, -0.05) is 18.2 Å². The molecule has 0 bridgehead atoms. The molecule has 0 aliphatic carbocycles. The molecular formula is C20H19FN2O2S. The lowest BCUT2D eigenvalue weighted by atomic mass is 10.0. The van der Waals surface area contributed by atoms with E-state index < -0.39 is 0 Å². The topological polar surface area (TPSA) is 54.3 Å². The van der Waals surface area contributed by atoms with Crippen molar-refractivity contribution in [2.24, 2.45) is 0 Å². The van der Waals surface area contributed by atoms with Crippen LogP contribution in [0.25, 0.3) is 11.0 Å². The van der Waals surface area contributed by atoms with Crippen LogP contribution in [-0.4, -0.2) is 11.8 Å². The highest BCUT2D eigenvalue weighted by Gasteiger charge is 2.24. The van der Waals surface area contributed by atoms with Gasteiger partial charge in [-0.3, -0.25) is 0 Å². The third-order valence-electron chi connectivity index (χ3n) is 4.54. The Morgan fingerprint density at radius 2 is 2.12 bits per heavy atom. The van der Waals surface area contributed by atoms with Gasteiger partial charge in [-0.15, -0.1) is 11.8 Å². The van der Waals surface area contributed by atoms with E-state index in [9.17, 15) is 9.18 Å². The molecule has 0 radical (unpaired) electrons. The number of thioether (sulfide) groups is 1. The van der Waals surface area contributed by atoms with E-state index >= 15 is 0 Å². The number of benzene rings is 2. The van der Waals surface area contributed by atoms with E-state index in [4.69, 9.17) is 4.42 Å². The number of para-hydroxylation sites is 1. The lowest BCUT2D eigenvalue weighted by Gasteiger charge is -2.26. The van der Waals surface area contributed by atoms with Gasteiger partial charge in [0.1, 0.15) is 17.2 Å². The van der Waals surface area contributed by atoms with Crippen LogP contribution in [0, 0.1) is 5.82 Å². The van der Waals surface area contributed by atoms with Crippen LogP contribution in [0.1, 0.15) is 36.8 Å². The summed E-state index contributed by atoms with van der Waals surface area (Å²) in [6.07, 6.45) is 0.771. The largest absolute Gasteiger partial charge is 0.459 e. The first-order valence-electron chi connectivity index (χ1n) is 8.58. The second-order valence-electron chi connectivity index (χ2n) is 6.40. The Hall–Kier alpha value is -2.47. The highest BCUT2D eigenvalue weighted by atomic mass is 32.2. The van der Waals surface area contributed by atoms with Crippen molar-refractivity contribution in [2.75, 3.05) is 5.75 Å². The number of halogens is 1. The quantitative estimate of drug-likeness (QED) is 0.669. The minimum absolute atomic E-state index is 0.190. The summed E-state index contributed by atoms with van der Waals surface area (Å²) in [6.45, 7) is 1.88. The fourth-order valence-corrected chi connectivity index (χ4v) is 4.30. The van der Waals surface area contributed by atoms with Crippen LogP contribution in [0.5, 0.6) is 0 Å². The van der Waals surface area contributed by atoms with E-state index in [0.29, 0.717) is 5.76 Å². The molecule has 26 heavy (non-hydrogen) atoms. The zero-order chi connectivity index (χ0) is 18.1. The lowest BCUT2D eigenvalue weighted by molar-refractivity contribution is 0.232. The zero-order valence-corrected chi connectivity index (χ0v) is 15.1. The van der Waals surface area contributed by atoms with Gasteiger partial charge in [0, 0.05) is 16.0 Å². The molecule has 4 rings (SSSR count). The Balaban J connectivity index is 1.45. The molecular weight excluding hydrogens is 351 g/mol. The fraction of sp³-hybridized carbons (Fsp3) is 0.250. The van der Waals surface area contributed by atoms with Gasteiger partial charge in [-0.25, -0.2) is 9.18 Å². The monoisotopic (exact) mass is 370 g/mol. The SMILES string of the molecule is CC(NC(=O)NC1CCSc2ccc(F)cc21)c1cc2ccccc2o1. The van der Waals surface area contributed by atoms with Crippen molar-refractivity contribution in [3.05, 3.63) is 65.7 Å². The number of rotatable bonds is 3. The van der Waals surface area contributed by atoms with Crippen LogP contribution < -0.4 is 10.6 Å². The summed E-state index contributed by atoms with van der Waals surface area (Å²) < 4.78 is 19.4. The molecule has 2 atom stereocenters. The highest BCUT2D eigenvalue weighted by Crippen LogP contribution is 2.36. The number of urea groups is 1. The maximum absolute atomic E-state index is 13.6. The molecule has 2 unspecified atom stereocenters. The summed E-state index contributed by atoms with van der Waals surface area (Å²) >= 11 is 1.69. The van der Waals surface area contributed by atoms with Crippen molar-refractivity contribution in [1.29, 1.82) is 0 Å². The number of hydrogen-bond acceptors (Lipinski definition) is 3. The van der Waals surface area contributed by atoms with E-state index in [1.807, 2.05) is 37.3 Å². The summed E-state index contributed by atoms with van der Waals surface area (Å²) in [4.78, 5) is 13.5. The van der Waals surface area contributed by atoms with Crippen molar-refractivity contribution < 1.29 is 13.6 Å². The summed E-state index contributed by atoms with van der Waals surface area (Å²) in [5.41, 5.74) is 1.64. The second kappa shape index (κ2) is 7.03. The van der Waals surface area contributed by atoms with Gasteiger partial charge < -0.3 is 15.1 Å². The highest BCUT2D eigenvalue weighted by molar-refractivity contribution is 7.99. The molecule has 2 N–H and O–H groups in total. The van der Waals surface area contributed by atoms with Crippen LogP contribution in [-0.2, 0) is 0 Å². The summed E-state index contributed by atoms with van der Waals surface area (Å²) in [6, 6.07) is 13.7. The van der Waals surface area contributed by atoms with Gasteiger partial charge in [0.2, 0.25) is 0 Å². The zero-order valence-electron chi connectivity index (χ0n) is 14.3. The molecule has 1 aliphatic heterocycles. The summed E-state index contributed by atoms with van der Waals surface area (Å²) in [5.74, 6) is 1.31. The molecule has 4 nitrogen and oxygen atoms in total. The number of nitrogens with one attached hydrogen (secondary N) is 2. The third-order valence-corrected chi connectivity index (χ3v) is 5.66. The Morgan fingerprint density at radius 3 is 2.96 bits per heavy atom. The smallest absolute Gasteiger partial charge is 0.315 e. The Morgan fingerprint density at radius 1 is 1.27 bits per heavy atom. The number of furan rings is 1. The van der Waals surface area contributed by atoms with Crippen LogP contribution >= 0.6 is 11.8 Å². The van der Waals surface area contributed by atoms with Gasteiger partial charge in [0.15, 0.2) is 0 Å². The number of fused-ring (bicyclic) bond motifs is 2. The molecule has 2 heterocycles. The van der Waals surface area contributed by atoms with Crippen molar-refractivity contribution in [2.45, 2.75) is 30.3 Å². The molecule has 2 amide bonds. The summed E-state index contributed by atoms with van der Waals surface area (Å²) in [5, 5.41) is 6.88. The molecule has 0 fully saturated rings. The predicted octanol–water partition coefficient (Wildman–Crippen LogP) is 5.17. The lowest BCUT2D eigenvalue weighted by Crippen LogP contribution is -2.40. The first-order chi connectivity index (χ1) is 12.6. The number of hydrogen-bond donors (Lipinski definition) is 2. The van der Waals surface area contributed by atoms with Crippen LogP contribution in [0.2, 0.25) is 0 Å². The molecule has 1 aromatic heterocycles. The standard InChI is InChI=1S/C20H19FN2O2S/c1-12(18-10-13-4-2-3-5-17(13)25-18)22-20(24)23-16-8-9-26-19-7-6-14(21)11-15(16)19/h2-7,10-12,16H,8-9H2,1H3,(H2,22,23,24). The van der Waals surface area contributed by atoms with Crippen molar-refractivity contribution in [3.63, 3.8) is 0 Å². The first kappa shape index (κ1) is 17.0. The van der Waals surface area contributed by atoms with E-state index in [-0.39, 0.29) is 23.9 Å². The molecule has 2 aromatic carbocycles. The van der Waals surface area contributed by atoms with E-state index in [1.54, 1.807) is 17.8 Å². The molecule has 1 aliphatic rings. The Bertz CT molecular complexity index is 923. The second-order valence-corrected chi connectivity index (χ2v) is 7.53. The van der Waals surface area contributed by atoms with Gasteiger partial charge >= 0.3 is 6.03 Å². The minimum Gasteiger partial charge on any atom is -0.459 e. The molecule has 0 saturated heterocycles.